The molecule has 1 aromatic carbocycles. The van der Waals surface area contributed by atoms with Crippen molar-refractivity contribution in [2.75, 3.05) is 0 Å². The second-order valence-electron chi connectivity index (χ2n) is 7.16. The Hall–Kier alpha value is -2.60. The van der Waals surface area contributed by atoms with Gasteiger partial charge in [0.1, 0.15) is 29.2 Å². The summed E-state index contributed by atoms with van der Waals surface area (Å²) in [5.41, 5.74) is 0.115. The zero-order chi connectivity index (χ0) is 20.1. The van der Waals surface area contributed by atoms with E-state index < -0.39 is 23.8 Å². The van der Waals surface area contributed by atoms with Crippen molar-refractivity contribution in [2.24, 2.45) is 11.8 Å². The summed E-state index contributed by atoms with van der Waals surface area (Å²) in [7, 11) is 0. The van der Waals surface area contributed by atoms with E-state index in [1.54, 1.807) is 6.92 Å². The molecule has 1 aliphatic rings. The highest BCUT2D eigenvalue weighted by Crippen LogP contribution is 2.29. The van der Waals surface area contributed by atoms with Crippen molar-refractivity contribution < 1.29 is 24.9 Å². The number of phenolic OH excluding ortho intramolecular Hbond substituents is 1. The fraction of sp³-hybridized carbons (Fsp3) is 0.429. The number of carbonyl (C=O) groups is 2. The highest BCUT2D eigenvalue weighted by atomic mass is 16.3. The molecule has 1 saturated heterocycles. The van der Waals surface area contributed by atoms with Crippen LogP contribution in [-0.2, 0) is 9.59 Å². The van der Waals surface area contributed by atoms with Crippen LogP contribution in [0.3, 0.4) is 0 Å². The number of benzene rings is 1. The summed E-state index contributed by atoms with van der Waals surface area (Å²) in [6, 6.07) is 4.58. The van der Waals surface area contributed by atoms with Gasteiger partial charge in [-0.3, -0.25) is 9.59 Å². The predicted molar refractivity (Wildman–Crippen MR) is 102 cm³/mol. The molecule has 4 N–H and O–H groups in total. The summed E-state index contributed by atoms with van der Waals surface area (Å²) < 4.78 is 0. The Kier molecular flexibility index (Phi) is 6.80. The van der Waals surface area contributed by atoms with Gasteiger partial charge in [-0.15, -0.1) is 0 Å². The number of aliphatic hydroxyl groups is 2. The third-order valence-corrected chi connectivity index (χ3v) is 4.85. The fourth-order valence-corrected chi connectivity index (χ4v) is 3.30. The normalized spacial score (nSPS) is 22.6. The van der Waals surface area contributed by atoms with Gasteiger partial charge < -0.3 is 20.6 Å². The molecule has 4 atom stereocenters. The van der Waals surface area contributed by atoms with Gasteiger partial charge in [-0.25, -0.2) is 0 Å². The second kappa shape index (κ2) is 8.86. The van der Waals surface area contributed by atoms with E-state index in [4.69, 9.17) is 0 Å². The standard InChI is InChI=1S/C21H27NO5/c1-4-5-6-12(2)11-13(3)18(24)16-20(26)17(22-21(16)27)19(25)14-7-9-15(23)10-8-14/h4-5,7-10,12-13,17,19,23-25H,6,11H2,1-3H3,(H,22,27)/t12-,13-,17+,19-/m0/s1. The summed E-state index contributed by atoms with van der Waals surface area (Å²) in [5.74, 6) is -1.55. The average Bonchev–Trinajstić information content (AvgIpc) is 2.93. The van der Waals surface area contributed by atoms with E-state index in [9.17, 15) is 24.9 Å². The monoisotopic (exact) mass is 373 g/mol. The fourth-order valence-electron chi connectivity index (χ4n) is 3.30. The van der Waals surface area contributed by atoms with Gasteiger partial charge in [0.15, 0.2) is 5.78 Å². The number of aromatic hydroxyl groups is 1. The number of carbonyl (C=O) groups excluding carboxylic acids is 2. The van der Waals surface area contributed by atoms with Crippen LogP contribution in [0.25, 0.3) is 0 Å². The molecular weight excluding hydrogens is 346 g/mol. The van der Waals surface area contributed by atoms with E-state index in [1.807, 2.05) is 26.0 Å². The molecule has 0 unspecified atom stereocenters. The molecule has 6 heteroatoms. The Morgan fingerprint density at radius 2 is 1.85 bits per heavy atom. The number of amides is 1. The minimum Gasteiger partial charge on any atom is -0.511 e. The Morgan fingerprint density at radius 1 is 1.22 bits per heavy atom. The van der Waals surface area contributed by atoms with E-state index in [-0.39, 0.29) is 28.9 Å². The third-order valence-electron chi connectivity index (χ3n) is 4.85. The van der Waals surface area contributed by atoms with Crippen molar-refractivity contribution in [3.05, 3.63) is 53.3 Å². The molecule has 0 aromatic heterocycles. The minimum atomic E-state index is -1.27. The average molecular weight is 373 g/mol. The first-order chi connectivity index (χ1) is 12.8. The molecular formula is C21H27NO5. The van der Waals surface area contributed by atoms with Crippen LogP contribution in [0, 0.1) is 11.8 Å². The van der Waals surface area contributed by atoms with Crippen molar-refractivity contribution in [1.82, 2.24) is 5.32 Å². The Labute approximate surface area is 159 Å². The maximum atomic E-state index is 12.7. The lowest BCUT2D eigenvalue weighted by Crippen LogP contribution is -2.35. The summed E-state index contributed by atoms with van der Waals surface area (Å²) in [6.07, 6.45) is 4.22. The molecule has 1 amide bonds. The molecule has 0 spiro atoms. The molecule has 0 radical (unpaired) electrons. The quantitative estimate of drug-likeness (QED) is 0.254. The second-order valence-corrected chi connectivity index (χ2v) is 7.16. The van der Waals surface area contributed by atoms with Crippen molar-refractivity contribution in [3.63, 3.8) is 0 Å². The van der Waals surface area contributed by atoms with Gasteiger partial charge in [-0.2, -0.15) is 0 Å². The lowest BCUT2D eigenvalue weighted by molar-refractivity contribution is -0.118. The number of phenols is 1. The highest BCUT2D eigenvalue weighted by molar-refractivity contribution is 6.27. The maximum Gasteiger partial charge on any atom is 0.259 e. The molecule has 2 rings (SSSR count). The van der Waals surface area contributed by atoms with Gasteiger partial charge in [0, 0.05) is 5.92 Å². The van der Waals surface area contributed by atoms with E-state index in [0.717, 1.165) is 6.42 Å². The van der Waals surface area contributed by atoms with Crippen molar-refractivity contribution >= 4 is 11.7 Å². The van der Waals surface area contributed by atoms with Crippen LogP contribution >= 0.6 is 0 Å². The Morgan fingerprint density at radius 3 is 2.44 bits per heavy atom. The van der Waals surface area contributed by atoms with Gasteiger partial charge in [-0.05, 0) is 43.4 Å². The largest absolute Gasteiger partial charge is 0.511 e. The van der Waals surface area contributed by atoms with Crippen LogP contribution < -0.4 is 5.32 Å². The lowest BCUT2D eigenvalue weighted by atomic mass is 9.90. The molecule has 1 fully saturated rings. The summed E-state index contributed by atoms with van der Waals surface area (Å²) in [4.78, 5) is 25.0. The minimum absolute atomic E-state index is 0.0341. The molecule has 1 aliphatic heterocycles. The molecule has 146 valence electrons. The Balaban J connectivity index is 2.18. The predicted octanol–water partition coefficient (Wildman–Crippen LogP) is 2.93. The van der Waals surface area contributed by atoms with Crippen LogP contribution in [-0.4, -0.2) is 33.1 Å². The number of nitrogens with one attached hydrogen (secondary N) is 1. The number of hydrogen-bond acceptors (Lipinski definition) is 5. The molecule has 0 aliphatic carbocycles. The van der Waals surface area contributed by atoms with Crippen LogP contribution in [0.4, 0.5) is 0 Å². The first kappa shape index (κ1) is 20.7. The van der Waals surface area contributed by atoms with Crippen molar-refractivity contribution in [1.29, 1.82) is 0 Å². The smallest absolute Gasteiger partial charge is 0.259 e. The summed E-state index contributed by atoms with van der Waals surface area (Å²) in [5, 5.41) is 32.8. The molecule has 0 bridgehead atoms. The topological polar surface area (TPSA) is 107 Å². The van der Waals surface area contributed by atoms with Crippen LogP contribution in [0.15, 0.2) is 47.7 Å². The first-order valence-electron chi connectivity index (χ1n) is 9.12. The number of hydrogen-bond donors (Lipinski definition) is 4. The van der Waals surface area contributed by atoms with E-state index >= 15 is 0 Å². The van der Waals surface area contributed by atoms with Crippen molar-refractivity contribution in [3.8, 4) is 5.75 Å². The number of ketones is 1. The molecule has 1 aromatic rings. The SMILES string of the molecule is CC=CC[C@H](C)C[C@H](C)C(O)=C1C(=O)N[C@H]([C@@H](O)c2ccc(O)cc2)C1=O. The first-order valence-corrected chi connectivity index (χ1v) is 9.12. The molecule has 0 saturated carbocycles. The lowest BCUT2D eigenvalue weighted by Gasteiger charge is -2.17. The number of Topliss-reactive ketones (excluding diaryl/α,β-unsaturated/α-hetero) is 1. The van der Waals surface area contributed by atoms with Crippen molar-refractivity contribution in [2.45, 2.75) is 45.8 Å². The van der Waals surface area contributed by atoms with Crippen LogP contribution in [0.5, 0.6) is 5.75 Å². The number of aliphatic hydroxyl groups excluding tert-OH is 2. The van der Waals surface area contributed by atoms with Gasteiger partial charge in [0.2, 0.25) is 0 Å². The molecule has 1 heterocycles. The zero-order valence-corrected chi connectivity index (χ0v) is 15.8. The molecule has 6 nitrogen and oxygen atoms in total. The van der Waals surface area contributed by atoms with Gasteiger partial charge >= 0.3 is 0 Å². The highest BCUT2D eigenvalue weighted by Gasteiger charge is 2.43. The van der Waals surface area contributed by atoms with Crippen LogP contribution in [0.2, 0.25) is 0 Å². The van der Waals surface area contributed by atoms with E-state index in [2.05, 4.69) is 5.32 Å². The Bertz CT molecular complexity index is 750. The van der Waals surface area contributed by atoms with E-state index in [0.29, 0.717) is 12.0 Å². The summed E-state index contributed by atoms with van der Waals surface area (Å²) >= 11 is 0. The van der Waals surface area contributed by atoms with Gasteiger partial charge in [-0.1, -0.05) is 38.1 Å². The van der Waals surface area contributed by atoms with Crippen LogP contribution in [0.1, 0.15) is 45.3 Å². The summed E-state index contributed by atoms with van der Waals surface area (Å²) in [6.45, 7) is 5.76. The van der Waals surface area contributed by atoms with Gasteiger partial charge in [0.05, 0.1) is 0 Å². The number of allylic oxidation sites excluding steroid dienone is 3. The number of rotatable bonds is 7. The van der Waals surface area contributed by atoms with Gasteiger partial charge in [0.25, 0.3) is 5.91 Å². The van der Waals surface area contributed by atoms with E-state index in [1.165, 1.54) is 24.3 Å². The third kappa shape index (κ3) is 4.77. The zero-order valence-electron chi connectivity index (χ0n) is 15.8. The molecule has 27 heavy (non-hydrogen) atoms. The maximum absolute atomic E-state index is 12.7.